The first-order valence-electron chi connectivity index (χ1n) is 5.87. The zero-order chi connectivity index (χ0) is 13.9. The van der Waals surface area contributed by atoms with Gasteiger partial charge >= 0.3 is 0 Å². The van der Waals surface area contributed by atoms with Crippen LogP contribution in [0.3, 0.4) is 0 Å². The van der Waals surface area contributed by atoms with Crippen molar-refractivity contribution < 1.29 is 18.3 Å². The van der Waals surface area contributed by atoms with Gasteiger partial charge in [0, 0.05) is 18.2 Å². The largest absolute Gasteiger partial charge is 0.370 e. The van der Waals surface area contributed by atoms with Crippen molar-refractivity contribution in [2.24, 2.45) is 5.41 Å². The number of hydrogen-bond acceptors (Lipinski definition) is 2. The molecular formula is C14H18F2O2. The van der Waals surface area contributed by atoms with Gasteiger partial charge in [0.15, 0.2) is 5.78 Å². The third-order valence-electron chi connectivity index (χ3n) is 2.51. The molecule has 0 aromatic heterocycles. The Morgan fingerprint density at radius 3 is 2.11 bits per heavy atom. The van der Waals surface area contributed by atoms with Crippen LogP contribution in [0.15, 0.2) is 18.2 Å². The number of ether oxygens (including phenoxy) is 1. The standard InChI is InChI=1S/C14H18F2O2/c1-5-18-13(14(2,3)4)12(17)9-6-10(15)8-11(16)7-9/h6-8,13H,5H2,1-4H3. The number of Topliss-reactive ketones (excluding diaryl/α,β-unsaturated/α-hetero) is 1. The third kappa shape index (κ3) is 3.60. The molecule has 0 radical (unpaired) electrons. The fraction of sp³-hybridized carbons (Fsp3) is 0.500. The van der Waals surface area contributed by atoms with Gasteiger partial charge in [-0.15, -0.1) is 0 Å². The van der Waals surface area contributed by atoms with Crippen LogP contribution in [0.5, 0.6) is 0 Å². The van der Waals surface area contributed by atoms with Crippen LogP contribution in [0.25, 0.3) is 0 Å². The van der Waals surface area contributed by atoms with Gasteiger partial charge in [0.05, 0.1) is 0 Å². The Morgan fingerprint density at radius 2 is 1.72 bits per heavy atom. The van der Waals surface area contributed by atoms with E-state index in [1.807, 2.05) is 20.8 Å². The minimum absolute atomic E-state index is 0.000810. The van der Waals surface area contributed by atoms with E-state index in [0.29, 0.717) is 6.61 Å². The van der Waals surface area contributed by atoms with Crippen molar-refractivity contribution in [1.29, 1.82) is 0 Å². The molecule has 0 fully saturated rings. The van der Waals surface area contributed by atoms with Crippen LogP contribution in [-0.2, 0) is 4.74 Å². The Bertz CT molecular complexity index is 416. The van der Waals surface area contributed by atoms with Gasteiger partial charge in [0.25, 0.3) is 0 Å². The van der Waals surface area contributed by atoms with Crippen LogP contribution in [0.4, 0.5) is 8.78 Å². The summed E-state index contributed by atoms with van der Waals surface area (Å²) >= 11 is 0. The molecule has 0 aliphatic rings. The van der Waals surface area contributed by atoms with Crippen molar-refractivity contribution in [1.82, 2.24) is 0 Å². The zero-order valence-electron chi connectivity index (χ0n) is 11.1. The molecule has 0 bridgehead atoms. The Hall–Kier alpha value is -1.29. The van der Waals surface area contributed by atoms with Gasteiger partial charge in [-0.05, 0) is 24.5 Å². The van der Waals surface area contributed by atoms with Crippen molar-refractivity contribution >= 4 is 5.78 Å². The zero-order valence-corrected chi connectivity index (χ0v) is 11.1. The van der Waals surface area contributed by atoms with E-state index < -0.39 is 28.9 Å². The Balaban J connectivity index is 3.09. The lowest BCUT2D eigenvalue weighted by atomic mass is 9.84. The van der Waals surface area contributed by atoms with Gasteiger partial charge in [-0.2, -0.15) is 0 Å². The minimum atomic E-state index is -0.762. The molecule has 0 N–H and O–H groups in total. The van der Waals surface area contributed by atoms with Crippen molar-refractivity contribution in [3.63, 3.8) is 0 Å². The summed E-state index contributed by atoms with van der Waals surface area (Å²) in [5.74, 6) is -1.92. The molecule has 0 amide bonds. The van der Waals surface area contributed by atoms with Crippen LogP contribution in [0, 0.1) is 17.0 Å². The molecule has 2 nitrogen and oxygen atoms in total. The Morgan fingerprint density at radius 1 is 1.22 bits per heavy atom. The first-order valence-corrected chi connectivity index (χ1v) is 5.87. The molecule has 1 rings (SSSR count). The van der Waals surface area contributed by atoms with Gasteiger partial charge in [-0.3, -0.25) is 4.79 Å². The number of hydrogen-bond donors (Lipinski definition) is 0. The lowest BCUT2D eigenvalue weighted by Crippen LogP contribution is -2.37. The van der Waals surface area contributed by atoms with Crippen molar-refractivity contribution in [2.75, 3.05) is 6.61 Å². The summed E-state index contributed by atoms with van der Waals surface area (Å²) in [6.07, 6.45) is -0.719. The van der Waals surface area contributed by atoms with Gasteiger partial charge in [-0.25, -0.2) is 8.78 Å². The molecule has 0 heterocycles. The molecule has 1 atom stereocenters. The quantitative estimate of drug-likeness (QED) is 0.769. The highest BCUT2D eigenvalue weighted by atomic mass is 19.1. The van der Waals surface area contributed by atoms with Crippen LogP contribution < -0.4 is 0 Å². The van der Waals surface area contributed by atoms with E-state index in [4.69, 9.17) is 4.74 Å². The number of benzene rings is 1. The SMILES string of the molecule is CCOC(C(=O)c1cc(F)cc(F)c1)C(C)(C)C. The number of rotatable bonds is 4. The second-order valence-corrected chi connectivity index (χ2v) is 5.22. The molecule has 1 aromatic carbocycles. The summed E-state index contributed by atoms with van der Waals surface area (Å²) in [6, 6.07) is 2.80. The highest BCUT2D eigenvalue weighted by Crippen LogP contribution is 2.26. The fourth-order valence-corrected chi connectivity index (χ4v) is 1.73. The van der Waals surface area contributed by atoms with Crippen LogP contribution in [0.1, 0.15) is 38.1 Å². The summed E-state index contributed by atoms with van der Waals surface area (Å²) in [5.41, 5.74) is -0.434. The maximum atomic E-state index is 13.1. The molecule has 4 heteroatoms. The van der Waals surface area contributed by atoms with Crippen molar-refractivity contribution in [3.05, 3.63) is 35.4 Å². The predicted molar refractivity (Wildman–Crippen MR) is 65.6 cm³/mol. The molecule has 100 valence electrons. The summed E-state index contributed by atoms with van der Waals surface area (Å²) in [7, 11) is 0. The summed E-state index contributed by atoms with van der Waals surface area (Å²) in [5, 5.41) is 0. The van der Waals surface area contributed by atoms with E-state index in [1.165, 1.54) is 0 Å². The molecule has 0 saturated carbocycles. The predicted octanol–water partition coefficient (Wildman–Crippen LogP) is 3.60. The molecule has 0 spiro atoms. The molecular weight excluding hydrogens is 238 g/mol. The normalized spacial score (nSPS) is 13.4. The number of ketones is 1. The number of carbonyl (C=O) groups excluding carboxylic acids is 1. The topological polar surface area (TPSA) is 26.3 Å². The van der Waals surface area contributed by atoms with E-state index in [1.54, 1.807) is 6.92 Å². The maximum absolute atomic E-state index is 13.1. The smallest absolute Gasteiger partial charge is 0.192 e. The fourth-order valence-electron chi connectivity index (χ4n) is 1.73. The number of carbonyl (C=O) groups is 1. The van der Waals surface area contributed by atoms with E-state index in [0.717, 1.165) is 18.2 Å². The monoisotopic (exact) mass is 256 g/mol. The number of halogens is 2. The van der Waals surface area contributed by atoms with Gasteiger partial charge < -0.3 is 4.74 Å². The first kappa shape index (κ1) is 14.8. The summed E-state index contributed by atoms with van der Waals surface area (Å²) < 4.78 is 31.6. The van der Waals surface area contributed by atoms with E-state index in [9.17, 15) is 13.6 Å². The third-order valence-corrected chi connectivity index (χ3v) is 2.51. The summed E-state index contributed by atoms with van der Waals surface area (Å²) in [6.45, 7) is 7.69. The molecule has 1 aromatic rings. The molecule has 0 saturated heterocycles. The van der Waals surface area contributed by atoms with Gasteiger partial charge in [0.2, 0.25) is 0 Å². The molecule has 18 heavy (non-hydrogen) atoms. The molecule has 0 aliphatic heterocycles. The maximum Gasteiger partial charge on any atom is 0.192 e. The highest BCUT2D eigenvalue weighted by Gasteiger charge is 2.32. The highest BCUT2D eigenvalue weighted by molar-refractivity contribution is 6.00. The lowest BCUT2D eigenvalue weighted by molar-refractivity contribution is -0.000268. The average molecular weight is 256 g/mol. The van der Waals surface area contributed by atoms with Gasteiger partial charge in [0.1, 0.15) is 17.7 Å². The van der Waals surface area contributed by atoms with Crippen molar-refractivity contribution in [3.8, 4) is 0 Å². The van der Waals surface area contributed by atoms with Crippen LogP contribution >= 0.6 is 0 Å². The first-order chi connectivity index (χ1) is 8.25. The van der Waals surface area contributed by atoms with Crippen LogP contribution in [0.2, 0.25) is 0 Å². The second-order valence-electron chi connectivity index (χ2n) is 5.22. The average Bonchev–Trinajstić information content (AvgIpc) is 2.22. The van der Waals surface area contributed by atoms with E-state index in [2.05, 4.69) is 0 Å². The minimum Gasteiger partial charge on any atom is -0.370 e. The van der Waals surface area contributed by atoms with E-state index >= 15 is 0 Å². The van der Waals surface area contributed by atoms with E-state index in [-0.39, 0.29) is 5.56 Å². The molecule has 1 unspecified atom stereocenters. The van der Waals surface area contributed by atoms with Crippen LogP contribution in [-0.4, -0.2) is 18.5 Å². The van der Waals surface area contributed by atoms with Crippen molar-refractivity contribution in [2.45, 2.75) is 33.8 Å². The second kappa shape index (κ2) is 5.57. The summed E-state index contributed by atoms with van der Waals surface area (Å²) in [4.78, 5) is 12.2. The molecule has 0 aliphatic carbocycles. The Kier molecular flexibility index (Phi) is 4.57. The Labute approximate surface area is 106 Å². The van der Waals surface area contributed by atoms with Gasteiger partial charge in [-0.1, -0.05) is 20.8 Å². The lowest BCUT2D eigenvalue weighted by Gasteiger charge is -2.29.